The average molecular weight is 305 g/mol. The predicted octanol–water partition coefficient (Wildman–Crippen LogP) is 2.69. The number of β-amino-alcohol motifs (C(OH)–C–C–N with tert-alkyl or cyclic N) is 1. The molecule has 2 rings (SSSR count). The smallest absolute Gasteiger partial charge is 0.391 e. The van der Waals surface area contributed by atoms with Gasteiger partial charge in [-0.1, -0.05) is 6.92 Å². The summed E-state index contributed by atoms with van der Waals surface area (Å²) in [5.74, 6) is -1.83. The summed E-state index contributed by atoms with van der Waals surface area (Å²) in [7, 11) is 0. The molecule has 3 nitrogen and oxygen atoms in total. The molecule has 2 unspecified atom stereocenters. The topological polar surface area (TPSA) is 40.5 Å². The average Bonchev–Trinajstić information content (AvgIpc) is 2.40. The molecule has 0 aromatic heterocycles. The Labute approximate surface area is 119 Å². The number of aliphatic hydroxyl groups is 1. The molecule has 1 aliphatic heterocycles. The second kappa shape index (κ2) is 5.63. The molecule has 1 N–H and O–H groups in total. The fraction of sp³-hybridized carbons (Fsp3) is 0.500. The summed E-state index contributed by atoms with van der Waals surface area (Å²) >= 11 is 0. The fourth-order valence-corrected chi connectivity index (χ4v) is 2.27. The van der Waals surface area contributed by atoms with Crippen LogP contribution in [-0.2, 0) is 6.18 Å². The van der Waals surface area contributed by atoms with Crippen LogP contribution in [-0.4, -0.2) is 35.1 Å². The van der Waals surface area contributed by atoms with Crippen LogP contribution in [0.4, 0.5) is 17.6 Å². The van der Waals surface area contributed by atoms with Gasteiger partial charge in [0.15, 0.2) is 0 Å². The van der Waals surface area contributed by atoms with Crippen molar-refractivity contribution in [1.82, 2.24) is 4.90 Å². The lowest BCUT2D eigenvalue weighted by atomic mass is 9.95. The first-order chi connectivity index (χ1) is 9.70. The van der Waals surface area contributed by atoms with Crippen molar-refractivity contribution in [2.24, 2.45) is 5.92 Å². The third kappa shape index (κ3) is 3.34. The van der Waals surface area contributed by atoms with E-state index in [-0.39, 0.29) is 19.0 Å². The zero-order chi connectivity index (χ0) is 15.8. The molecule has 0 bridgehead atoms. The quantitative estimate of drug-likeness (QED) is 0.810. The highest BCUT2D eigenvalue weighted by molar-refractivity contribution is 5.94. The fourth-order valence-electron chi connectivity index (χ4n) is 2.27. The highest BCUT2D eigenvalue weighted by atomic mass is 19.4. The van der Waals surface area contributed by atoms with Crippen LogP contribution in [0.3, 0.4) is 0 Å². The summed E-state index contributed by atoms with van der Waals surface area (Å²) in [4.78, 5) is 13.3. The predicted molar refractivity (Wildman–Crippen MR) is 67.1 cm³/mol. The van der Waals surface area contributed by atoms with Gasteiger partial charge in [0, 0.05) is 13.1 Å². The van der Waals surface area contributed by atoms with E-state index in [9.17, 15) is 27.5 Å². The molecular weight excluding hydrogens is 290 g/mol. The van der Waals surface area contributed by atoms with Gasteiger partial charge in [-0.05, 0) is 30.5 Å². The van der Waals surface area contributed by atoms with Crippen molar-refractivity contribution in [3.63, 3.8) is 0 Å². The Morgan fingerprint density at radius 2 is 2.05 bits per heavy atom. The maximum absolute atomic E-state index is 13.7. The Balaban J connectivity index is 2.27. The van der Waals surface area contributed by atoms with E-state index in [1.165, 1.54) is 4.90 Å². The van der Waals surface area contributed by atoms with E-state index in [0.29, 0.717) is 24.6 Å². The summed E-state index contributed by atoms with van der Waals surface area (Å²) in [5, 5.41) is 9.73. The second-order valence-corrected chi connectivity index (χ2v) is 5.28. The molecule has 1 heterocycles. The van der Waals surface area contributed by atoms with Crippen LogP contribution in [0, 0.1) is 11.7 Å². The number of hydrogen-bond acceptors (Lipinski definition) is 2. The Kier molecular flexibility index (Phi) is 4.22. The third-order valence-corrected chi connectivity index (χ3v) is 3.73. The number of amides is 1. The van der Waals surface area contributed by atoms with E-state index in [1.54, 1.807) is 0 Å². The monoisotopic (exact) mass is 305 g/mol. The summed E-state index contributed by atoms with van der Waals surface area (Å²) < 4.78 is 51.6. The van der Waals surface area contributed by atoms with Crippen LogP contribution in [0.25, 0.3) is 0 Å². The van der Waals surface area contributed by atoms with Gasteiger partial charge in [0.25, 0.3) is 5.91 Å². The van der Waals surface area contributed by atoms with E-state index < -0.39 is 35.1 Å². The van der Waals surface area contributed by atoms with Crippen LogP contribution in [0.5, 0.6) is 0 Å². The molecule has 1 aromatic carbocycles. The minimum Gasteiger partial charge on any atom is -0.391 e. The van der Waals surface area contributed by atoms with Gasteiger partial charge in [-0.15, -0.1) is 0 Å². The SMILES string of the molecule is CC1CCN(C(=O)c2cc(C(F)(F)F)ccc2F)CC1O. The minimum absolute atomic E-state index is 0.000376. The molecule has 1 aromatic rings. The molecule has 116 valence electrons. The van der Waals surface area contributed by atoms with Gasteiger partial charge in [0.05, 0.1) is 17.2 Å². The van der Waals surface area contributed by atoms with Crippen molar-refractivity contribution in [3.05, 3.63) is 35.1 Å². The van der Waals surface area contributed by atoms with Gasteiger partial charge < -0.3 is 10.0 Å². The third-order valence-electron chi connectivity index (χ3n) is 3.73. The number of aliphatic hydroxyl groups excluding tert-OH is 1. The Morgan fingerprint density at radius 3 is 2.62 bits per heavy atom. The van der Waals surface area contributed by atoms with Gasteiger partial charge in [-0.2, -0.15) is 13.2 Å². The number of nitrogens with zero attached hydrogens (tertiary/aromatic N) is 1. The molecule has 21 heavy (non-hydrogen) atoms. The van der Waals surface area contributed by atoms with Crippen LogP contribution in [0.15, 0.2) is 18.2 Å². The molecule has 1 saturated heterocycles. The minimum atomic E-state index is -4.64. The number of halogens is 4. The number of hydrogen-bond donors (Lipinski definition) is 1. The van der Waals surface area contributed by atoms with E-state index in [2.05, 4.69) is 0 Å². The van der Waals surface area contributed by atoms with Gasteiger partial charge >= 0.3 is 6.18 Å². The van der Waals surface area contributed by atoms with Crippen molar-refractivity contribution in [2.45, 2.75) is 25.6 Å². The van der Waals surface area contributed by atoms with Crippen molar-refractivity contribution in [3.8, 4) is 0 Å². The summed E-state index contributed by atoms with van der Waals surface area (Å²) in [5.41, 5.74) is -1.69. The first kappa shape index (κ1) is 15.8. The van der Waals surface area contributed by atoms with Gasteiger partial charge in [-0.3, -0.25) is 4.79 Å². The molecule has 1 aliphatic rings. The Morgan fingerprint density at radius 1 is 1.38 bits per heavy atom. The number of likely N-dealkylation sites (tertiary alicyclic amines) is 1. The van der Waals surface area contributed by atoms with Crippen molar-refractivity contribution < 1.29 is 27.5 Å². The van der Waals surface area contributed by atoms with E-state index in [1.807, 2.05) is 6.92 Å². The van der Waals surface area contributed by atoms with Gasteiger partial charge in [0.2, 0.25) is 0 Å². The van der Waals surface area contributed by atoms with E-state index in [0.717, 1.165) is 0 Å². The van der Waals surface area contributed by atoms with Crippen LogP contribution in [0.1, 0.15) is 29.3 Å². The summed E-state index contributed by atoms with van der Waals surface area (Å²) in [6.45, 7) is 2.10. The highest BCUT2D eigenvalue weighted by Gasteiger charge is 2.34. The van der Waals surface area contributed by atoms with Crippen molar-refractivity contribution in [2.75, 3.05) is 13.1 Å². The summed E-state index contributed by atoms with van der Waals surface area (Å²) in [6, 6.07) is 1.75. The van der Waals surface area contributed by atoms with Crippen LogP contribution >= 0.6 is 0 Å². The van der Waals surface area contributed by atoms with Gasteiger partial charge in [0.1, 0.15) is 5.82 Å². The lowest BCUT2D eigenvalue weighted by Gasteiger charge is -2.34. The number of carbonyl (C=O) groups excluding carboxylic acids is 1. The first-order valence-corrected chi connectivity index (χ1v) is 6.54. The Hall–Kier alpha value is -1.63. The number of carbonyl (C=O) groups is 1. The maximum atomic E-state index is 13.7. The number of rotatable bonds is 1. The van der Waals surface area contributed by atoms with E-state index in [4.69, 9.17) is 0 Å². The van der Waals surface area contributed by atoms with Crippen LogP contribution in [0.2, 0.25) is 0 Å². The second-order valence-electron chi connectivity index (χ2n) is 5.28. The standard InChI is InChI=1S/C14H15F4NO2/c1-8-4-5-19(7-12(8)20)13(21)10-6-9(14(16,17)18)2-3-11(10)15/h2-3,6,8,12,20H,4-5,7H2,1H3. The molecule has 2 atom stereocenters. The number of piperidine rings is 1. The first-order valence-electron chi connectivity index (χ1n) is 6.54. The molecule has 0 saturated carbocycles. The molecule has 1 fully saturated rings. The number of benzene rings is 1. The lowest BCUT2D eigenvalue weighted by Crippen LogP contribution is -2.46. The summed E-state index contributed by atoms with van der Waals surface area (Å²) in [6.07, 6.45) is -4.87. The highest BCUT2D eigenvalue weighted by Crippen LogP contribution is 2.31. The molecule has 0 spiro atoms. The van der Waals surface area contributed by atoms with Crippen molar-refractivity contribution in [1.29, 1.82) is 0 Å². The maximum Gasteiger partial charge on any atom is 0.416 e. The van der Waals surface area contributed by atoms with E-state index >= 15 is 0 Å². The molecular formula is C14H15F4NO2. The van der Waals surface area contributed by atoms with Gasteiger partial charge in [-0.25, -0.2) is 4.39 Å². The van der Waals surface area contributed by atoms with Crippen LogP contribution < -0.4 is 0 Å². The van der Waals surface area contributed by atoms with Crippen molar-refractivity contribution >= 4 is 5.91 Å². The molecule has 1 amide bonds. The normalized spacial score (nSPS) is 23.2. The largest absolute Gasteiger partial charge is 0.416 e. The molecule has 0 aliphatic carbocycles. The molecule has 7 heteroatoms. The zero-order valence-corrected chi connectivity index (χ0v) is 11.3. The Bertz CT molecular complexity index is 544. The lowest BCUT2D eigenvalue weighted by molar-refractivity contribution is -0.137. The zero-order valence-electron chi connectivity index (χ0n) is 11.3. The number of alkyl halides is 3. The molecule has 0 radical (unpaired) electrons.